The van der Waals surface area contributed by atoms with Crippen LogP contribution in [-0.2, 0) is 0 Å². The van der Waals surface area contributed by atoms with Gasteiger partial charge in [-0.25, -0.2) is 9.97 Å². The highest BCUT2D eigenvalue weighted by Gasteiger charge is 2.15. The Morgan fingerprint density at radius 2 is 2.11 bits per heavy atom. The number of imidazole rings is 1. The minimum atomic E-state index is -0.304. The van der Waals surface area contributed by atoms with Gasteiger partial charge in [0.25, 0.3) is 5.91 Å². The van der Waals surface area contributed by atoms with Crippen LogP contribution in [0.1, 0.15) is 17.4 Å². The number of hydrogen-bond donors (Lipinski definition) is 1. The second-order valence-corrected chi connectivity index (χ2v) is 6.52. The maximum atomic E-state index is 12.7. The number of ether oxygens (including phenoxy) is 1. The normalized spacial score (nSPS) is 10.6. The van der Waals surface area contributed by atoms with E-state index in [1.54, 1.807) is 35.6 Å². The topological polar surface area (TPSA) is 94.8 Å². The van der Waals surface area contributed by atoms with Gasteiger partial charge >= 0.3 is 0 Å². The van der Waals surface area contributed by atoms with Crippen LogP contribution in [0.5, 0.6) is 5.75 Å². The maximum Gasteiger partial charge on any atom is 0.276 e. The first-order chi connectivity index (χ1) is 13.7. The average Bonchev–Trinajstić information content (AvgIpc) is 3.39. The molecular formula is C19H16N6O2S. The highest BCUT2D eigenvalue weighted by atomic mass is 32.1. The zero-order valence-corrected chi connectivity index (χ0v) is 15.8. The van der Waals surface area contributed by atoms with E-state index in [1.165, 1.54) is 17.5 Å². The van der Waals surface area contributed by atoms with E-state index in [0.717, 1.165) is 5.69 Å². The molecule has 1 amide bonds. The molecule has 0 aliphatic rings. The van der Waals surface area contributed by atoms with Crippen LogP contribution in [0.15, 0.2) is 60.8 Å². The molecule has 4 rings (SSSR count). The summed E-state index contributed by atoms with van der Waals surface area (Å²) in [5.41, 5.74) is 2.54. The molecule has 0 aliphatic carbocycles. The third kappa shape index (κ3) is 3.74. The van der Waals surface area contributed by atoms with Gasteiger partial charge in [-0.3, -0.25) is 24.6 Å². The van der Waals surface area contributed by atoms with Gasteiger partial charge in [0.15, 0.2) is 5.13 Å². The summed E-state index contributed by atoms with van der Waals surface area (Å²) in [6.45, 7) is 2.51. The summed E-state index contributed by atoms with van der Waals surface area (Å²) in [6, 6.07) is 7.33. The van der Waals surface area contributed by atoms with Crippen molar-refractivity contribution in [2.24, 2.45) is 0 Å². The number of amides is 1. The summed E-state index contributed by atoms with van der Waals surface area (Å²) in [4.78, 5) is 29.6. The number of pyridine rings is 2. The number of carbonyl (C=O) groups is 1. The average molecular weight is 392 g/mol. The highest BCUT2D eigenvalue weighted by Crippen LogP contribution is 2.25. The Kier molecular flexibility index (Phi) is 5.07. The lowest BCUT2D eigenvalue weighted by atomic mass is 10.3. The van der Waals surface area contributed by atoms with Gasteiger partial charge in [-0.1, -0.05) is 0 Å². The standard InChI is InChI=1S/C19H16N6O2S/c1-2-27-14-5-6-15(22-9-14)16-11-28-19(23-16)24-18(26)17-10-21-12-25(17)13-4-3-7-20-8-13/h3-12H,2H2,1H3,(H,23,24,26). The molecule has 0 aliphatic heterocycles. The fourth-order valence-electron chi connectivity index (χ4n) is 2.56. The van der Waals surface area contributed by atoms with Crippen LogP contribution in [0, 0.1) is 0 Å². The molecule has 4 aromatic heterocycles. The lowest BCUT2D eigenvalue weighted by Crippen LogP contribution is -2.16. The van der Waals surface area contributed by atoms with Crippen LogP contribution >= 0.6 is 11.3 Å². The number of hydrogen-bond acceptors (Lipinski definition) is 7. The van der Waals surface area contributed by atoms with Crippen molar-refractivity contribution in [3.8, 4) is 22.8 Å². The van der Waals surface area contributed by atoms with Crippen LogP contribution in [0.2, 0.25) is 0 Å². The number of nitrogens with zero attached hydrogens (tertiary/aromatic N) is 5. The van der Waals surface area contributed by atoms with Gasteiger partial charge in [0.05, 0.1) is 42.9 Å². The Morgan fingerprint density at radius 1 is 1.18 bits per heavy atom. The summed E-state index contributed by atoms with van der Waals surface area (Å²) in [6.07, 6.45) is 8.07. The van der Waals surface area contributed by atoms with Crippen LogP contribution in [0.25, 0.3) is 17.1 Å². The first-order valence-corrected chi connectivity index (χ1v) is 9.41. The monoisotopic (exact) mass is 392 g/mol. The molecule has 0 saturated heterocycles. The van der Waals surface area contributed by atoms with Crippen molar-refractivity contribution in [1.82, 2.24) is 24.5 Å². The minimum absolute atomic E-state index is 0.304. The Bertz CT molecular complexity index is 1080. The molecule has 0 unspecified atom stereocenters. The first kappa shape index (κ1) is 17.8. The first-order valence-electron chi connectivity index (χ1n) is 8.53. The summed E-state index contributed by atoms with van der Waals surface area (Å²) in [5, 5.41) is 5.14. The molecule has 140 valence electrons. The van der Waals surface area contributed by atoms with E-state index in [2.05, 4.69) is 25.3 Å². The molecule has 0 saturated carbocycles. The van der Waals surface area contributed by atoms with E-state index in [1.807, 2.05) is 30.5 Å². The van der Waals surface area contributed by atoms with Crippen molar-refractivity contribution < 1.29 is 9.53 Å². The predicted octanol–water partition coefficient (Wildman–Crippen LogP) is 3.44. The van der Waals surface area contributed by atoms with Gasteiger partial charge in [0, 0.05) is 11.6 Å². The quantitative estimate of drug-likeness (QED) is 0.540. The molecule has 1 N–H and O–H groups in total. The fourth-order valence-corrected chi connectivity index (χ4v) is 3.26. The van der Waals surface area contributed by atoms with Crippen LogP contribution < -0.4 is 10.1 Å². The Hall–Kier alpha value is -3.59. The van der Waals surface area contributed by atoms with Crippen molar-refractivity contribution in [3.05, 3.63) is 66.5 Å². The van der Waals surface area contributed by atoms with Crippen molar-refractivity contribution in [2.45, 2.75) is 6.92 Å². The van der Waals surface area contributed by atoms with E-state index >= 15 is 0 Å². The lowest BCUT2D eigenvalue weighted by molar-refractivity contribution is 0.102. The molecule has 28 heavy (non-hydrogen) atoms. The number of rotatable bonds is 6. The predicted molar refractivity (Wildman–Crippen MR) is 106 cm³/mol. The zero-order valence-electron chi connectivity index (χ0n) is 14.9. The molecule has 4 aromatic rings. The molecule has 8 nitrogen and oxygen atoms in total. The van der Waals surface area contributed by atoms with E-state index in [-0.39, 0.29) is 5.91 Å². The Labute approximate surface area is 164 Å². The van der Waals surface area contributed by atoms with Crippen molar-refractivity contribution in [3.63, 3.8) is 0 Å². The number of anilines is 1. The largest absolute Gasteiger partial charge is 0.492 e. The SMILES string of the molecule is CCOc1ccc(-c2csc(NC(=O)c3cncn3-c3cccnc3)n2)nc1. The number of carbonyl (C=O) groups excluding carboxylic acids is 1. The van der Waals surface area contributed by atoms with Gasteiger partial charge in [-0.05, 0) is 31.2 Å². The molecule has 0 bridgehead atoms. The molecule has 0 fully saturated rings. The molecule has 9 heteroatoms. The van der Waals surface area contributed by atoms with Gasteiger partial charge in [-0.15, -0.1) is 11.3 Å². The second kappa shape index (κ2) is 7.97. The summed E-state index contributed by atoms with van der Waals surface area (Å²) >= 11 is 1.33. The van der Waals surface area contributed by atoms with Gasteiger partial charge in [0.2, 0.25) is 0 Å². The van der Waals surface area contributed by atoms with Crippen LogP contribution in [0.4, 0.5) is 5.13 Å². The molecular weight excluding hydrogens is 376 g/mol. The smallest absolute Gasteiger partial charge is 0.276 e. The fraction of sp³-hybridized carbons (Fsp3) is 0.105. The minimum Gasteiger partial charge on any atom is -0.492 e. The molecule has 0 radical (unpaired) electrons. The van der Waals surface area contributed by atoms with E-state index in [9.17, 15) is 4.79 Å². The third-order valence-corrected chi connectivity index (χ3v) is 4.59. The van der Waals surface area contributed by atoms with Crippen molar-refractivity contribution >= 4 is 22.4 Å². The molecule has 4 heterocycles. The van der Waals surface area contributed by atoms with Crippen molar-refractivity contribution in [1.29, 1.82) is 0 Å². The van der Waals surface area contributed by atoms with Crippen LogP contribution in [-0.4, -0.2) is 37.0 Å². The molecule has 0 atom stereocenters. The number of nitrogens with one attached hydrogen (secondary N) is 1. The van der Waals surface area contributed by atoms with E-state index < -0.39 is 0 Å². The van der Waals surface area contributed by atoms with Crippen LogP contribution in [0.3, 0.4) is 0 Å². The second-order valence-electron chi connectivity index (χ2n) is 5.66. The number of aromatic nitrogens is 5. The summed E-state index contributed by atoms with van der Waals surface area (Å²) < 4.78 is 7.07. The molecule has 0 spiro atoms. The van der Waals surface area contributed by atoms with Gasteiger partial charge in [-0.2, -0.15) is 0 Å². The van der Waals surface area contributed by atoms with Crippen molar-refractivity contribution in [2.75, 3.05) is 11.9 Å². The molecule has 0 aromatic carbocycles. The Balaban J connectivity index is 1.50. The van der Waals surface area contributed by atoms with Gasteiger partial charge in [0.1, 0.15) is 17.1 Å². The number of thiazole rings is 1. The third-order valence-electron chi connectivity index (χ3n) is 3.83. The van der Waals surface area contributed by atoms with E-state index in [0.29, 0.717) is 34.6 Å². The van der Waals surface area contributed by atoms with E-state index in [4.69, 9.17) is 4.74 Å². The highest BCUT2D eigenvalue weighted by molar-refractivity contribution is 7.14. The lowest BCUT2D eigenvalue weighted by Gasteiger charge is -2.06. The maximum absolute atomic E-state index is 12.7. The summed E-state index contributed by atoms with van der Waals surface area (Å²) in [7, 11) is 0. The van der Waals surface area contributed by atoms with Gasteiger partial charge < -0.3 is 4.74 Å². The Morgan fingerprint density at radius 3 is 2.86 bits per heavy atom. The summed E-state index contributed by atoms with van der Waals surface area (Å²) in [5.74, 6) is 0.403. The zero-order chi connectivity index (χ0) is 19.3.